The van der Waals surface area contributed by atoms with Crippen molar-refractivity contribution in [1.82, 2.24) is 0 Å². The molecule has 4 aromatic carbocycles. The van der Waals surface area contributed by atoms with E-state index in [0.717, 1.165) is 27.1 Å². The number of anilines is 1. The van der Waals surface area contributed by atoms with Crippen LogP contribution in [0.2, 0.25) is 0 Å². The molecule has 1 aromatic heterocycles. The molecule has 2 N–H and O–H groups in total. The first-order valence-electron chi connectivity index (χ1n) is 9.16. The van der Waals surface area contributed by atoms with Crippen LogP contribution in [-0.2, 0) is 0 Å². The van der Waals surface area contributed by atoms with Crippen LogP contribution in [0.15, 0.2) is 77.2 Å². The largest absolute Gasteiger partial charge is 0.507 e. The number of ether oxygens (including phenoxy) is 1. The summed E-state index contributed by atoms with van der Waals surface area (Å²) in [5, 5.41) is 16.8. The van der Waals surface area contributed by atoms with Gasteiger partial charge in [-0.1, -0.05) is 42.5 Å². The summed E-state index contributed by atoms with van der Waals surface area (Å²) >= 11 is 0. The number of carbonyl (C=O) groups is 1. The number of phenolic OH excluding ortho intramolecular Hbond substituents is 1. The number of aromatic hydroxyl groups is 1. The number of phenols is 1. The molecule has 1 radical (unpaired) electrons. The van der Waals surface area contributed by atoms with Crippen molar-refractivity contribution in [2.75, 3.05) is 12.4 Å². The van der Waals surface area contributed by atoms with Gasteiger partial charge in [-0.3, -0.25) is 4.79 Å². The minimum atomic E-state index is -0.429. The summed E-state index contributed by atoms with van der Waals surface area (Å²) in [6.07, 6.45) is 0. The zero-order valence-electron chi connectivity index (χ0n) is 16.6. The van der Waals surface area contributed by atoms with Crippen LogP contribution < -0.4 is 10.1 Å². The molecule has 0 bridgehead atoms. The van der Waals surface area contributed by atoms with Gasteiger partial charge < -0.3 is 19.6 Å². The molecule has 0 unspecified atom stereocenters. The third-order valence-electron chi connectivity index (χ3n) is 5.06. The number of furan rings is 1. The van der Waals surface area contributed by atoms with E-state index in [2.05, 4.69) is 5.32 Å². The summed E-state index contributed by atoms with van der Waals surface area (Å²) in [4.78, 5) is 12.9. The summed E-state index contributed by atoms with van der Waals surface area (Å²) < 4.78 is 11.4. The number of rotatable bonds is 3. The molecule has 5 rings (SSSR count). The number of carbonyl (C=O) groups excluding carboxylic acids is 1. The maximum atomic E-state index is 12.9. The van der Waals surface area contributed by atoms with Crippen molar-refractivity contribution in [2.45, 2.75) is 0 Å². The number of fused-ring (bicyclic) bond motifs is 4. The molecule has 0 spiro atoms. The Bertz CT molecular complexity index is 1410. The fraction of sp³-hybridized carbons (Fsp3) is 0.0417. The van der Waals surface area contributed by atoms with Gasteiger partial charge >= 0.3 is 0 Å². The van der Waals surface area contributed by atoms with Crippen LogP contribution in [-0.4, -0.2) is 47.7 Å². The molecule has 143 valence electrons. The fourth-order valence-corrected chi connectivity index (χ4v) is 3.62. The summed E-state index contributed by atoms with van der Waals surface area (Å²) in [5.41, 5.74) is 2.07. The first-order chi connectivity index (χ1) is 14.1. The van der Waals surface area contributed by atoms with E-state index >= 15 is 0 Å². The van der Waals surface area contributed by atoms with Crippen molar-refractivity contribution in [3.05, 3.63) is 78.4 Å². The second-order valence-electron chi connectivity index (χ2n) is 6.82. The Kier molecular flexibility index (Phi) is 5.43. The predicted octanol–water partition coefficient (Wildman–Crippen LogP) is 5.32. The molecule has 0 atom stereocenters. The third kappa shape index (κ3) is 3.41. The standard InChI is InChI=1S/C24H17NO4.Na/c1-28-23-12-17-16-8-4-5-9-21(16)29-22(17)13-19(23)25-24(27)18-10-14-6-2-3-7-15(14)11-20(18)26;/h2-13,26H,1H3,(H,25,27);. The smallest absolute Gasteiger partial charge is 0.259 e. The number of hydrogen-bond donors (Lipinski definition) is 2. The van der Waals surface area contributed by atoms with Crippen LogP contribution >= 0.6 is 0 Å². The molecule has 0 saturated carbocycles. The van der Waals surface area contributed by atoms with Crippen molar-refractivity contribution in [2.24, 2.45) is 0 Å². The summed E-state index contributed by atoms with van der Waals surface area (Å²) in [6.45, 7) is 0. The summed E-state index contributed by atoms with van der Waals surface area (Å²) in [6, 6.07) is 22.1. The van der Waals surface area contributed by atoms with Gasteiger partial charge in [-0.15, -0.1) is 0 Å². The van der Waals surface area contributed by atoms with Crippen LogP contribution in [0.3, 0.4) is 0 Å². The number of methoxy groups -OCH3 is 1. The van der Waals surface area contributed by atoms with E-state index in [4.69, 9.17) is 9.15 Å². The SMILES string of the molecule is COc1cc2c(cc1NC(=O)c1cc3ccccc3cc1O)oc1ccccc12.[Na]. The van der Waals surface area contributed by atoms with Crippen molar-refractivity contribution < 1.29 is 19.1 Å². The monoisotopic (exact) mass is 406 g/mol. The quantitative estimate of drug-likeness (QED) is 0.398. The minimum Gasteiger partial charge on any atom is -0.507 e. The van der Waals surface area contributed by atoms with E-state index in [1.807, 2.05) is 54.6 Å². The van der Waals surface area contributed by atoms with Crippen molar-refractivity contribution in [3.63, 3.8) is 0 Å². The first kappa shape index (κ1) is 20.3. The Morgan fingerprint density at radius 2 is 1.60 bits per heavy atom. The maximum Gasteiger partial charge on any atom is 0.259 e. The zero-order valence-corrected chi connectivity index (χ0v) is 18.6. The Balaban J connectivity index is 0.00000218. The molecule has 6 heteroatoms. The molecule has 0 aliphatic rings. The van der Waals surface area contributed by atoms with E-state index < -0.39 is 5.91 Å². The summed E-state index contributed by atoms with van der Waals surface area (Å²) in [5.74, 6) is 0.00433. The first-order valence-corrected chi connectivity index (χ1v) is 9.16. The Hall–Kier alpha value is -2.99. The van der Waals surface area contributed by atoms with Gasteiger partial charge in [0.15, 0.2) is 0 Å². The Morgan fingerprint density at radius 3 is 2.37 bits per heavy atom. The molecular formula is C24H17NNaO4. The minimum absolute atomic E-state index is 0. The maximum absolute atomic E-state index is 12.9. The van der Waals surface area contributed by atoms with Gasteiger partial charge in [0, 0.05) is 46.4 Å². The van der Waals surface area contributed by atoms with Gasteiger partial charge in [0.1, 0.15) is 22.7 Å². The van der Waals surface area contributed by atoms with Crippen LogP contribution in [0.4, 0.5) is 5.69 Å². The molecule has 5 aromatic rings. The molecule has 30 heavy (non-hydrogen) atoms. The topological polar surface area (TPSA) is 71.7 Å². The van der Waals surface area contributed by atoms with Gasteiger partial charge in [0.05, 0.1) is 18.4 Å². The van der Waals surface area contributed by atoms with Crippen molar-refractivity contribution in [1.29, 1.82) is 0 Å². The molecule has 1 heterocycles. The second-order valence-corrected chi connectivity index (χ2v) is 6.82. The predicted molar refractivity (Wildman–Crippen MR) is 120 cm³/mol. The van der Waals surface area contributed by atoms with Gasteiger partial charge in [-0.05, 0) is 35.0 Å². The van der Waals surface area contributed by atoms with E-state index in [1.165, 1.54) is 0 Å². The van der Waals surface area contributed by atoms with E-state index in [9.17, 15) is 9.90 Å². The zero-order chi connectivity index (χ0) is 20.0. The number of benzene rings is 4. The van der Waals surface area contributed by atoms with Gasteiger partial charge in [0.2, 0.25) is 0 Å². The summed E-state index contributed by atoms with van der Waals surface area (Å²) in [7, 11) is 1.55. The molecule has 0 aliphatic heterocycles. The molecule has 0 saturated heterocycles. The molecule has 0 aliphatic carbocycles. The van der Waals surface area contributed by atoms with E-state index in [1.54, 1.807) is 25.3 Å². The van der Waals surface area contributed by atoms with Crippen LogP contribution in [0.1, 0.15) is 10.4 Å². The van der Waals surface area contributed by atoms with Crippen molar-refractivity contribution >= 4 is 73.9 Å². The number of nitrogens with one attached hydrogen (secondary N) is 1. The van der Waals surface area contributed by atoms with Crippen LogP contribution in [0.25, 0.3) is 32.7 Å². The second kappa shape index (κ2) is 8.03. The Labute approximate surface area is 194 Å². The molecule has 0 fully saturated rings. The number of amides is 1. The molecule has 5 nitrogen and oxygen atoms in total. The number of para-hydroxylation sites is 1. The molecular weight excluding hydrogens is 389 g/mol. The average molecular weight is 406 g/mol. The third-order valence-corrected chi connectivity index (χ3v) is 5.06. The molecule has 1 amide bonds. The van der Waals surface area contributed by atoms with Gasteiger partial charge in [0.25, 0.3) is 5.91 Å². The average Bonchev–Trinajstić information content (AvgIpc) is 3.09. The fourth-order valence-electron chi connectivity index (χ4n) is 3.62. The van der Waals surface area contributed by atoms with Gasteiger partial charge in [-0.25, -0.2) is 0 Å². The van der Waals surface area contributed by atoms with Crippen molar-refractivity contribution in [3.8, 4) is 11.5 Å². The normalized spacial score (nSPS) is 10.8. The number of hydrogen-bond acceptors (Lipinski definition) is 4. The van der Waals surface area contributed by atoms with E-state index in [0.29, 0.717) is 17.0 Å². The van der Waals surface area contributed by atoms with Crippen LogP contribution in [0.5, 0.6) is 11.5 Å². The Morgan fingerprint density at radius 1 is 0.900 bits per heavy atom. The van der Waals surface area contributed by atoms with Crippen LogP contribution in [0, 0.1) is 0 Å². The van der Waals surface area contributed by atoms with Gasteiger partial charge in [-0.2, -0.15) is 0 Å². The van der Waals surface area contributed by atoms with E-state index in [-0.39, 0.29) is 40.9 Å².